The summed E-state index contributed by atoms with van der Waals surface area (Å²) in [7, 11) is 3.05. The molecule has 2 atom stereocenters. The Hall–Kier alpha value is -1.71. The van der Waals surface area contributed by atoms with E-state index in [1.165, 1.54) is 7.11 Å². The SMILES string of the molecule is CC[C@@H](Nc1ccc(OC)cc1)[C@@H](C)C(=O)OC. The fourth-order valence-electron chi connectivity index (χ4n) is 1.83. The summed E-state index contributed by atoms with van der Waals surface area (Å²) in [5.74, 6) is 0.444. The van der Waals surface area contributed by atoms with Crippen molar-refractivity contribution in [1.29, 1.82) is 0 Å². The minimum atomic E-state index is -0.192. The van der Waals surface area contributed by atoms with Crippen LogP contribution in [0.4, 0.5) is 5.69 Å². The molecular formula is C14H21NO3. The molecule has 0 bridgehead atoms. The molecule has 0 aromatic heterocycles. The maximum Gasteiger partial charge on any atom is 0.310 e. The van der Waals surface area contributed by atoms with Gasteiger partial charge < -0.3 is 14.8 Å². The summed E-state index contributed by atoms with van der Waals surface area (Å²) in [5, 5.41) is 3.34. The quantitative estimate of drug-likeness (QED) is 0.790. The second-order valence-electron chi connectivity index (χ2n) is 4.20. The van der Waals surface area contributed by atoms with Gasteiger partial charge in [-0.05, 0) is 37.6 Å². The zero-order chi connectivity index (χ0) is 13.5. The zero-order valence-corrected chi connectivity index (χ0v) is 11.4. The molecule has 0 amide bonds. The third kappa shape index (κ3) is 3.65. The van der Waals surface area contributed by atoms with Crippen molar-refractivity contribution in [1.82, 2.24) is 0 Å². The van der Waals surface area contributed by atoms with E-state index in [9.17, 15) is 4.79 Å². The number of anilines is 1. The molecule has 1 N–H and O–H groups in total. The molecule has 0 fully saturated rings. The van der Waals surface area contributed by atoms with Crippen LogP contribution in [0.25, 0.3) is 0 Å². The minimum Gasteiger partial charge on any atom is -0.497 e. The van der Waals surface area contributed by atoms with E-state index < -0.39 is 0 Å². The maximum atomic E-state index is 11.5. The summed E-state index contributed by atoms with van der Waals surface area (Å²) >= 11 is 0. The summed E-state index contributed by atoms with van der Waals surface area (Å²) < 4.78 is 9.87. The highest BCUT2D eigenvalue weighted by atomic mass is 16.5. The highest BCUT2D eigenvalue weighted by Gasteiger charge is 2.23. The van der Waals surface area contributed by atoms with Gasteiger partial charge in [0.05, 0.1) is 20.1 Å². The van der Waals surface area contributed by atoms with Crippen LogP contribution in [0.1, 0.15) is 20.3 Å². The van der Waals surface area contributed by atoms with Crippen molar-refractivity contribution in [3.05, 3.63) is 24.3 Å². The molecule has 0 saturated carbocycles. The minimum absolute atomic E-state index is 0.0610. The van der Waals surface area contributed by atoms with Gasteiger partial charge in [-0.2, -0.15) is 0 Å². The normalized spacial score (nSPS) is 13.6. The number of rotatable bonds is 6. The summed E-state index contributed by atoms with van der Waals surface area (Å²) in [6.45, 7) is 3.91. The molecule has 100 valence electrons. The predicted molar refractivity (Wildman–Crippen MR) is 71.9 cm³/mol. The van der Waals surface area contributed by atoms with E-state index >= 15 is 0 Å². The van der Waals surface area contributed by atoms with Gasteiger partial charge in [0.1, 0.15) is 5.75 Å². The van der Waals surface area contributed by atoms with Crippen LogP contribution in [0.2, 0.25) is 0 Å². The van der Waals surface area contributed by atoms with E-state index in [-0.39, 0.29) is 17.9 Å². The van der Waals surface area contributed by atoms with Crippen molar-refractivity contribution in [2.45, 2.75) is 26.3 Å². The van der Waals surface area contributed by atoms with E-state index in [1.807, 2.05) is 38.1 Å². The van der Waals surface area contributed by atoms with Crippen LogP contribution < -0.4 is 10.1 Å². The van der Waals surface area contributed by atoms with E-state index in [0.29, 0.717) is 0 Å². The maximum absolute atomic E-state index is 11.5. The first kappa shape index (κ1) is 14.4. The Balaban J connectivity index is 2.69. The van der Waals surface area contributed by atoms with Gasteiger partial charge in [-0.25, -0.2) is 0 Å². The number of nitrogens with one attached hydrogen (secondary N) is 1. The van der Waals surface area contributed by atoms with Crippen LogP contribution in [-0.2, 0) is 9.53 Å². The number of hydrogen-bond donors (Lipinski definition) is 1. The van der Waals surface area contributed by atoms with Crippen molar-refractivity contribution in [2.75, 3.05) is 19.5 Å². The Morgan fingerprint density at radius 1 is 1.28 bits per heavy atom. The smallest absolute Gasteiger partial charge is 0.310 e. The number of ether oxygens (including phenoxy) is 2. The lowest BCUT2D eigenvalue weighted by molar-refractivity contribution is -0.145. The molecule has 0 saturated heterocycles. The van der Waals surface area contributed by atoms with Gasteiger partial charge in [0.2, 0.25) is 0 Å². The third-order valence-electron chi connectivity index (χ3n) is 3.06. The van der Waals surface area contributed by atoms with Crippen molar-refractivity contribution >= 4 is 11.7 Å². The molecule has 0 heterocycles. The van der Waals surface area contributed by atoms with Gasteiger partial charge in [0, 0.05) is 11.7 Å². The molecule has 0 radical (unpaired) electrons. The van der Waals surface area contributed by atoms with Gasteiger partial charge in [0.25, 0.3) is 0 Å². The number of benzene rings is 1. The summed E-state index contributed by atoms with van der Waals surface area (Å²) in [5.41, 5.74) is 0.971. The Morgan fingerprint density at radius 2 is 1.89 bits per heavy atom. The topological polar surface area (TPSA) is 47.6 Å². The van der Waals surface area contributed by atoms with Gasteiger partial charge in [0.15, 0.2) is 0 Å². The standard InChI is InChI=1S/C14H21NO3/c1-5-13(10(2)14(16)18-4)15-11-6-8-12(17-3)9-7-11/h6-10,13,15H,5H2,1-4H3/t10-,13-/m1/s1. The molecule has 0 unspecified atom stereocenters. The zero-order valence-electron chi connectivity index (χ0n) is 11.4. The van der Waals surface area contributed by atoms with Crippen LogP contribution in [0.3, 0.4) is 0 Å². The molecule has 1 rings (SSSR count). The van der Waals surface area contributed by atoms with E-state index in [4.69, 9.17) is 9.47 Å². The molecule has 1 aromatic carbocycles. The third-order valence-corrected chi connectivity index (χ3v) is 3.06. The van der Waals surface area contributed by atoms with E-state index in [1.54, 1.807) is 7.11 Å². The molecule has 0 spiro atoms. The Bertz CT molecular complexity index is 375. The van der Waals surface area contributed by atoms with E-state index in [2.05, 4.69) is 5.32 Å². The summed E-state index contributed by atoms with van der Waals surface area (Å²) in [4.78, 5) is 11.5. The number of carbonyl (C=O) groups is 1. The van der Waals surface area contributed by atoms with Crippen LogP contribution >= 0.6 is 0 Å². The average Bonchev–Trinajstić information content (AvgIpc) is 2.43. The lowest BCUT2D eigenvalue weighted by Crippen LogP contribution is -2.32. The van der Waals surface area contributed by atoms with Gasteiger partial charge in [-0.15, -0.1) is 0 Å². The second kappa shape index (κ2) is 6.89. The summed E-state index contributed by atoms with van der Waals surface area (Å²) in [6, 6.07) is 7.71. The van der Waals surface area contributed by atoms with Crippen LogP contribution in [0, 0.1) is 5.92 Å². The molecule has 0 aliphatic carbocycles. The number of methoxy groups -OCH3 is 2. The van der Waals surface area contributed by atoms with Gasteiger partial charge in [-0.1, -0.05) is 6.92 Å². The fraction of sp³-hybridized carbons (Fsp3) is 0.500. The molecule has 0 aliphatic rings. The lowest BCUT2D eigenvalue weighted by atomic mass is 9.99. The molecule has 1 aromatic rings. The van der Waals surface area contributed by atoms with Crippen molar-refractivity contribution in [2.24, 2.45) is 5.92 Å². The highest BCUT2D eigenvalue weighted by molar-refractivity contribution is 5.73. The number of carbonyl (C=O) groups excluding carboxylic acids is 1. The molecule has 0 aliphatic heterocycles. The van der Waals surface area contributed by atoms with Crippen LogP contribution in [-0.4, -0.2) is 26.2 Å². The predicted octanol–water partition coefficient (Wildman–Crippen LogP) is 2.69. The monoisotopic (exact) mass is 251 g/mol. The molecule has 4 heteroatoms. The van der Waals surface area contributed by atoms with Crippen molar-refractivity contribution < 1.29 is 14.3 Å². The second-order valence-corrected chi connectivity index (χ2v) is 4.20. The lowest BCUT2D eigenvalue weighted by Gasteiger charge is -2.23. The van der Waals surface area contributed by atoms with Crippen LogP contribution in [0.5, 0.6) is 5.75 Å². The molecular weight excluding hydrogens is 230 g/mol. The Labute approximate surface area is 108 Å². The Kier molecular flexibility index (Phi) is 5.49. The average molecular weight is 251 g/mol. The summed E-state index contributed by atoms with van der Waals surface area (Å²) in [6.07, 6.45) is 0.849. The Morgan fingerprint density at radius 3 is 2.33 bits per heavy atom. The fourth-order valence-corrected chi connectivity index (χ4v) is 1.83. The largest absolute Gasteiger partial charge is 0.497 e. The van der Waals surface area contributed by atoms with Crippen molar-refractivity contribution in [3.63, 3.8) is 0 Å². The first-order chi connectivity index (χ1) is 8.62. The van der Waals surface area contributed by atoms with E-state index in [0.717, 1.165) is 17.9 Å². The number of hydrogen-bond acceptors (Lipinski definition) is 4. The molecule has 18 heavy (non-hydrogen) atoms. The highest BCUT2D eigenvalue weighted by Crippen LogP contribution is 2.19. The van der Waals surface area contributed by atoms with Gasteiger partial charge in [-0.3, -0.25) is 4.79 Å². The molecule has 4 nitrogen and oxygen atoms in total. The van der Waals surface area contributed by atoms with Crippen molar-refractivity contribution in [3.8, 4) is 5.75 Å². The van der Waals surface area contributed by atoms with Crippen LogP contribution in [0.15, 0.2) is 24.3 Å². The van der Waals surface area contributed by atoms with Gasteiger partial charge >= 0.3 is 5.97 Å². The first-order valence-electron chi connectivity index (χ1n) is 6.10. The first-order valence-corrected chi connectivity index (χ1v) is 6.10. The number of esters is 1.